The van der Waals surface area contributed by atoms with Gasteiger partial charge in [0.15, 0.2) is 0 Å². The number of hydrogen-bond acceptors (Lipinski definition) is 4. The van der Waals surface area contributed by atoms with E-state index < -0.39 is 12.1 Å². The number of carbonyl (C=O) groups excluding carboxylic acids is 3. The summed E-state index contributed by atoms with van der Waals surface area (Å²) < 4.78 is 5.30. The number of likely N-dealkylation sites (tertiary alicyclic amines) is 2. The highest BCUT2D eigenvalue weighted by Gasteiger charge is 2.42. The van der Waals surface area contributed by atoms with Crippen molar-refractivity contribution in [2.24, 2.45) is 0 Å². The molecule has 6 heteroatoms. The average molecular weight is 372 g/mol. The Balaban J connectivity index is 1.60. The lowest BCUT2D eigenvalue weighted by molar-refractivity contribution is -0.146. The summed E-state index contributed by atoms with van der Waals surface area (Å²) in [7, 11) is 0. The van der Waals surface area contributed by atoms with Crippen molar-refractivity contribution < 1.29 is 19.1 Å². The van der Waals surface area contributed by atoms with Gasteiger partial charge in [0.2, 0.25) is 11.8 Å². The third-order valence-electron chi connectivity index (χ3n) is 5.32. The molecule has 0 aromatic heterocycles. The number of amides is 2. The second kappa shape index (κ2) is 9.02. The Morgan fingerprint density at radius 1 is 1.11 bits per heavy atom. The summed E-state index contributed by atoms with van der Waals surface area (Å²) in [5.74, 6) is -0.401. The van der Waals surface area contributed by atoms with E-state index in [1.807, 2.05) is 23.1 Å². The quantitative estimate of drug-likeness (QED) is 0.718. The smallest absolute Gasteiger partial charge is 0.302 e. The van der Waals surface area contributed by atoms with E-state index >= 15 is 0 Å². The monoisotopic (exact) mass is 372 g/mol. The molecule has 2 heterocycles. The molecule has 0 aliphatic carbocycles. The molecule has 3 rings (SSSR count). The second-order valence-corrected chi connectivity index (χ2v) is 7.40. The van der Waals surface area contributed by atoms with Crippen LogP contribution in [0.3, 0.4) is 0 Å². The fourth-order valence-electron chi connectivity index (χ4n) is 4.01. The summed E-state index contributed by atoms with van der Waals surface area (Å²) in [5.41, 5.74) is 1.20. The number of benzene rings is 1. The van der Waals surface area contributed by atoms with Gasteiger partial charge in [0.25, 0.3) is 0 Å². The third-order valence-corrected chi connectivity index (χ3v) is 5.32. The van der Waals surface area contributed by atoms with Crippen molar-refractivity contribution in [1.82, 2.24) is 9.80 Å². The van der Waals surface area contributed by atoms with Gasteiger partial charge in [-0.2, -0.15) is 0 Å². The summed E-state index contributed by atoms with van der Waals surface area (Å²) in [6, 6.07) is 9.56. The molecule has 27 heavy (non-hydrogen) atoms. The van der Waals surface area contributed by atoms with Crippen molar-refractivity contribution in [3.63, 3.8) is 0 Å². The van der Waals surface area contributed by atoms with E-state index in [4.69, 9.17) is 4.74 Å². The predicted octanol–water partition coefficient (Wildman–Crippen LogP) is 2.16. The minimum absolute atomic E-state index is 0.00133. The molecule has 0 bridgehead atoms. The van der Waals surface area contributed by atoms with Gasteiger partial charge in [-0.3, -0.25) is 14.4 Å². The second-order valence-electron chi connectivity index (χ2n) is 7.40. The van der Waals surface area contributed by atoms with E-state index in [9.17, 15) is 14.4 Å². The number of aryl methyl sites for hydroxylation is 1. The maximum absolute atomic E-state index is 12.9. The van der Waals surface area contributed by atoms with Gasteiger partial charge in [0, 0.05) is 32.9 Å². The maximum Gasteiger partial charge on any atom is 0.302 e. The Kier molecular flexibility index (Phi) is 6.48. The Morgan fingerprint density at radius 3 is 2.48 bits per heavy atom. The Morgan fingerprint density at radius 2 is 1.81 bits per heavy atom. The molecular weight excluding hydrogens is 344 g/mol. The first-order chi connectivity index (χ1) is 13.0. The van der Waals surface area contributed by atoms with Gasteiger partial charge in [0.1, 0.15) is 12.1 Å². The standard InChI is InChI=1S/C21H28N2O4/c1-16(24)27-18-14-19(21(26)22-12-5-6-13-22)23(15-18)20(25)11-7-10-17-8-3-2-4-9-17/h2-4,8-9,18-19H,5-7,10-15H2,1H3/t18-,19+/m1/s1. The van der Waals surface area contributed by atoms with Crippen molar-refractivity contribution >= 4 is 17.8 Å². The molecular formula is C21H28N2O4. The molecule has 1 aromatic rings. The van der Waals surface area contributed by atoms with Crippen molar-refractivity contribution in [3.05, 3.63) is 35.9 Å². The van der Waals surface area contributed by atoms with Crippen LogP contribution in [0.4, 0.5) is 0 Å². The van der Waals surface area contributed by atoms with Crippen molar-refractivity contribution in [2.45, 2.75) is 57.6 Å². The third kappa shape index (κ3) is 5.08. The zero-order chi connectivity index (χ0) is 19.2. The Labute approximate surface area is 160 Å². The lowest BCUT2D eigenvalue weighted by atomic mass is 10.1. The van der Waals surface area contributed by atoms with Crippen LogP contribution in [0.25, 0.3) is 0 Å². The Hall–Kier alpha value is -2.37. The number of ether oxygens (including phenoxy) is 1. The van der Waals surface area contributed by atoms with Crippen LogP contribution < -0.4 is 0 Å². The lowest BCUT2D eigenvalue weighted by Gasteiger charge is -2.27. The topological polar surface area (TPSA) is 66.9 Å². The summed E-state index contributed by atoms with van der Waals surface area (Å²) in [4.78, 5) is 40.5. The van der Waals surface area contributed by atoms with Crippen molar-refractivity contribution in [1.29, 1.82) is 0 Å². The molecule has 2 aliphatic rings. The fourth-order valence-corrected chi connectivity index (χ4v) is 4.01. The van der Waals surface area contributed by atoms with E-state index in [1.54, 1.807) is 4.90 Å². The van der Waals surface area contributed by atoms with Crippen LogP contribution in [0, 0.1) is 0 Å². The molecule has 6 nitrogen and oxygen atoms in total. The molecule has 0 spiro atoms. The highest BCUT2D eigenvalue weighted by atomic mass is 16.5. The SMILES string of the molecule is CC(=O)O[C@@H]1C[C@@H](C(=O)N2CCCC2)N(C(=O)CCCc2ccccc2)C1. The first kappa shape index (κ1) is 19.4. The minimum Gasteiger partial charge on any atom is -0.461 e. The van der Waals surface area contributed by atoms with Crippen LogP contribution >= 0.6 is 0 Å². The molecule has 2 aliphatic heterocycles. The largest absolute Gasteiger partial charge is 0.461 e. The molecule has 0 radical (unpaired) electrons. The fraction of sp³-hybridized carbons (Fsp3) is 0.571. The number of rotatable bonds is 6. The molecule has 0 N–H and O–H groups in total. The molecule has 146 valence electrons. The average Bonchev–Trinajstić information content (AvgIpc) is 3.31. The van der Waals surface area contributed by atoms with Gasteiger partial charge in [-0.15, -0.1) is 0 Å². The molecule has 0 saturated carbocycles. The van der Waals surface area contributed by atoms with Gasteiger partial charge in [-0.25, -0.2) is 0 Å². The first-order valence-electron chi connectivity index (χ1n) is 9.84. The lowest BCUT2D eigenvalue weighted by Crippen LogP contribution is -2.46. The van der Waals surface area contributed by atoms with Crippen molar-refractivity contribution in [2.75, 3.05) is 19.6 Å². The first-order valence-corrected chi connectivity index (χ1v) is 9.84. The maximum atomic E-state index is 12.9. The normalized spacial score (nSPS) is 22.1. The Bertz CT molecular complexity index is 670. The van der Waals surface area contributed by atoms with Gasteiger partial charge in [-0.05, 0) is 31.2 Å². The van der Waals surface area contributed by atoms with Crippen LogP contribution in [0.15, 0.2) is 30.3 Å². The zero-order valence-electron chi connectivity index (χ0n) is 15.9. The molecule has 1 aromatic carbocycles. The highest BCUT2D eigenvalue weighted by molar-refractivity contribution is 5.88. The summed E-state index contributed by atoms with van der Waals surface area (Å²) in [6.07, 6.45) is 4.00. The van der Waals surface area contributed by atoms with E-state index in [0.29, 0.717) is 19.4 Å². The van der Waals surface area contributed by atoms with E-state index in [-0.39, 0.29) is 17.8 Å². The van der Waals surface area contributed by atoms with E-state index in [0.717, 1.165) is 38.8 Å². The summed E-state index contributed by atoms with van der Waals surface area (Å²) in [6.45, 7) is 3.18. The molecule has 2 saturated heterocycles. The number of esters is 1. The van der Waals surface area contributed by atoms with Crippen LogP contribution in [0.5, 0.6) is 0 Å². The van der Waals surface area contributed by atoms with E-state index in [1.165, 1.54) is 12.5 Å². The minimum atomic E-state index is -0.503. The van der Waals surface area contributed by atoms with Gasteiger partial charge in [0.05, 0.1) is 6.54 Å². The van der Waals surface area contributed by atoms with E-state index in [2.05, 4.69) is 12.1 Å². The molecule has 2 atom stereocenters. The van der Waals surface area contributed by atoms with Gasteiger partial charge in [-0.1, -0.05) is 30.3 Å². The summed E-state index contributed by atoms with van der Waals surface area (Å²) >= 11 is 0. The predicted molar refractivity (Wildman–Crippen MR) is 101 cm³/mol. The van der Waals surface area contributed by atoms with Gasteiger partial charge < -0.3 is 14.5 Å². The molecule has 2 fully saturated rings. The van der Waals surface area contributed by atoms with Crippen LogP contribution in [0.2, 0.25) is 0 Å². The number of carbonyl (C=O) groups is 3. The zero-order valence-corrected chi connectivity index (χ0v) is 15.9. The molecule has 2 amide bonds. The highest BCUT2D eigenvalue weighted by Crippen LogP contribution is 2.25. The summed E-state index contributed by atoms with van der Waals surface area (Å²) in [5, 5.41) is 0. The number of nitrogens with zero attached hydrogens (tertiary/aromatic N) is 2. The molecule has 0 unspecified atom stereocenters. The van der Waals surface area contributed by atoms with Crippen LogP contribution in [-0.4, -0.2) is 59.4 Å². The van der Waals surface area contributed by atoms with Crippen molar-refractivity contribution in [3.8, 4) is 0 Å². The van der Waals surface area contributed by atoms with Gasteiger partial charge >= 0.3 is 5.97 Å². The number of hydrogen-bond donors (Lipinski definition) is 0. The van der Waals surface area contributed by atoms with Crippen LogP contribution in [-0.2, 0) is 25.5 Å². The van der Waals surface area contributed by atoms with Crippen LogP contribution in [0.1, 0.15) is 44.6 Å².